The molecule has 0 atom stereocenters. The minimum absolute atomic E-state index is 0. The van der Waals surface area contributed by atoms with E-state index in [1.54, 1.807) is 0 Å². The van der Waals surface area contributed by atoms with Crippen molar-refractivity contribution in [1.82, 2.24) is 0 Å². The molecule has 0 aromatic heterocycles. The Morgan fingerprint density at radius 1 is 0.522 bits per heavy atom. The first-order valence-corrected chi connectivity index (χ1v) is 16.9. The molecule has 0 saturated heterocycles. The molecule has 4 aliphatic carbocycles. The van der Waals surface area contributed by atoms with Gasteiger partial charge >= 0.3 is 19.5 Å². The number of hydrogen-bond donors (Lipinski definition) is 0. The summed E-state index contributed by atoms with van der Waals surface area (Å²) in [5, 5.41) is -2.57. The van der Waals surface area contributed by atoms with Gasteiger partial charge in [0.2, 0.25) is 0 Å². The molecule has 0 N–H and O–H groups in total. The molecule has 4 rings (SSSR count). The molecule has 128 valence electrons. The van der Waals surface area contributed by atoms with Crippen LogP contribution in [0.2, 0.25) is 0 Å². The molecule has 0 spiro atoms. The van der Waals surface area contributed by atoms with E-state index in [-0.39, 0.29) is 19.5 Å². The van der Waals surface area contributed by atoms with E-state index < -0.39 is 10.5 Å². The van der Waals surface area contributed by atoms with Gasteiger partial charge in [-0.2, -0.15) is 10.5 Å². The molecular weight excluding hydrogens is 448 g/mol. The van der Waals surface area contributed by atoms with Crippen LogP contribution in [0, 0.1) is 0 Å². The molecule has 0 amide bonds. The first-order chi connectivity index (χ1) is 10.4. The third-order valence-electron chi connectivity index (χ3n) is 6.33. The molecule has 0 aliphatic heterocycles. The van der Waals surface area contributed by atoms with Gasteiger partial charge in [-0.05, 0) is 74.0 Å². The van der Waals surface area contributed by atoms with Crippen LogP contribution in [0.3, 0.4) is 0 Å². The van der Waals surface area contributed by atoms with Crippen LogP contribution in [0.1, 0.15) is 77.0 Å². The van der Waals surface area contributed by atoms with E-state index in [0.29, 0.717) is 0 Å². The first kappa shape index (κ1) is 21.9. The van der Waals surface area contributed by atoms with Gasteiger partial charge in [0, 0.05) is 0 Å². The maximum Gasteiger partial charge on any atom is 2.00 e. The second-order valence-corrected chi connectivity index (χ2v) is 21.8. The predicted molar refractivity (Wildman–Crippen MR) is 114 cm³/mol. The minimum Gasteiger partial charge on any atom is -0.746 e. The Hall–Kier alpha value is 2.62. The summed E-state index contributed by atoms with van der Waals surface area (Å²) in [6.45, 7) is 0. The van der Waals surface area contributed by atoms with Gasteiger partial charge in [0.15, 0.2) is 0 Å². The second-order valence-electron chi connectivity index (χ2n) is 7.63. The number of rotatable bonds is 4. The van der Waals surface area contributed by atoms with Crippen molar-refractivity contribution in [2.75, 3.05) is 0 Å². The molecule has 0 unspecified atom stereocenters. The van der Waals surface area contributed by atoms with Crippen molar-refractivity contribution < 1.29 is 19.5 Å². The predicted octanol–water partition coefficient (Wildman–Crippen LogP) is 6.06. The van der Waals surface area contributed by atoms with E-state index in [0.717, 1.165) is 22.6 Å². The van der Waals surface area contributed by atoms with Crippen molar-refractivity contribution in [3.63, 3.8) is 0 Å². The van der Waals surface area contributed by atoms with Gasteiger partial charge in [-0.1, -0.05) is 25.7 Å². The van der Waals surface area contributed by atoms with Gasteiger partial charge in [0.1, 0.15) is 0 Å². The summed E-state index contributed by atoms with van der Waals surface area (Å²) in [6.07, 6.45) is 16.4. The van der Waals surface area contributed by atoms with Crippen LogP contribution in [0.25, 0.3) is 0 Å². The van der Waals surface area contributed by atoms with Gasteiger partial charge in [0.05, 0.1) is 0 Å². The second kappa shape index (κ2) is 9.21. The zero-order valence-electron chi connectivity index (χ0n) is 14.0. The van der Waals surface area contributed by atoms with Crippen LogP contribution >= 0.6 is 10.5 Å². The van der Waals surface area contributed by atoms with Crippen LogP contribution in [-0.2, 0) is 67.6 Å². The van der Waals surface area contributed by atoms with Crippen molar-refractivity contribution in [3.8, 4) is 0 Å². The fraction of sp³-hybridized carbons (Fsp3) is 1.00. The third-order valence-corrected chi connectivity index (χ3v) is 19.6. The van der Waals surface area contributed by atoms with Gasteiger partial charge in [-0.25, -0.2) is 0 Å². The maximum absolute atomic E-state index is 5.62. The van der Waals surface area contributed by atoms with E-state index >= 15 is 0 Å². The van der Waals surface area contributed by atoms with E-state index in [4.69, 9.17) is 48.1 Å². The van der Waals surface area contributed by atoms with E-state index in [1.807, 2.05) is 0 Å². The Labute approximate surface area is 176 Å². The Morgan fingerprint density at radius 3 is 0.783 bits per heavy atom. The Kier molecular flexibility index (Phi) is 8.78. The van der Waals surface area contributed by atoms with Crippen molar-refractivity contribution in [3.05, 3.63) is 0 Å². The standard InChI is InChI=1S/2C8H15PS2.Zn/c2*10-9(11,7-3-1-4-7)8-5-2-6-8;/h2*7-8H,1-6H2,(H,10,11);/q;;+2/p-2. The summed E-state index contributed by atoms with van der Waals surface area (Å²) in [6, 6.07) is 0. The van der Waals surface area contributed by atoms with Crippen LogP contribution in [0.15, 0.2) is 0 Å². The normalized spacial score (nSPS) is 26.5. The van der Waals surface area contributed by atoms with E-state index in [1.165, 1.54) is 77.0 Å². The molecule has 4 aliphatic rings. The molecule has 0 aromatic rings. The van der Waals surface area contributed by atoms with Crippen molar-refractivity contribution >= 4 is 58.6 Å². The molecule has 0 radical (unpaired) electrons. The minimum atomic E-state index is -1.28. The zero-order chi connectivity index (χ0) is 15.8. The summed E-state index contributed by atoms with van der Waals surface area (Å²) >= 11 is 22.5. The molecule has 0 aromatic carbocycles. The van der Waals surface area contributed by atoms with Crippen LogP contribution in [0.4, 0.5) is 0 Å². The summed E-state index contributed by atoms with van der Waals surface area (Å²) in [5.41, 5.74) is 3.27. The molecular formula is C16H28P2S4Zn. The topological polar surface area (TPSA) is 0 Å². The molecule has 23 heavy (non-hydrogen) atoms. The smallest absolute Gasteiger partial charge is 0.746 e. The van der Waals surface area contributed by atoms with E-state index in [9.17, 15) is 0 Å². The molecule has 0 heterocycles. The Morgan fingerprint density at radius 2 is 0.696 bits per heavy atom. The van der Waals surface area contributed by atoms with Gasteiger partial charge in [0.25, 0.3) is 0 Å². The molecule has 4 fully saturated rings. The summed E-state index contributed by atoms with van der Waals surface area (Å²) in [4.78, 5) is 0. The van der Waals surface area contributed by atoms with Crippen molar-refractivity contribution in [2.24, 2.45) is 0 Å². The maximum atomic E-state index is 5.62. The summed E-state index contributed by atoms with van der Waals surface area (Å²) in [5.74, 6) is 0. The monoisotopic (exact) mass is 474 g/mol. The van der Waals surface area contributed by atoms with Crippen LogP contribution in [-0.4, -0.2) is 22.6 Å². The van der Waals surface area contributed by atoms with Crippen LogP contribution < -0.4 is 0 Å². The average molecular weight is 476 g/mol. The quantitative estimate of drug-likeness (QED) is 0.275. The fourth-order valence-electron chi connectivity index (χ4n) is 3.58. The van der Waals surface area contributed by atoms with Gasteiger partial charge in [-0.15, -0.1) is 23.6 Å². The van der Waals surface area contributed by atoms with Crippen molar-refractivity contribution in [1.29, 1.82) is 0 Å². The largest absolute Gasteiger partial charge is 2.00 e. The Balaban J connectivity index is 0.000000160. The third kappa shape index (κ3) is 4.92. The van der Waals surface area contributed by atoms with Crippen molar-refractivity contribution in [2.45, 2.75) is 99.7 Å². The SMILES string of the molecule is S=P([S-])(C1CCC1)C1CCC1.S=P([S-])(C1CCC1)C1CCC1.[Zn+2]. The Bertz CT molecular complexity index is 402. The zero-order valence-corrected chi connectivity index (χ0v) is 22.1. The molecule has 0 nitrogen and oxygen atoms in total. The number of hydrogen-bond acceptors (Lipinski definition) is 4. The van der Waals surface area contributed by atoms with Gasteiger partial charge < -0.3 is 24.5 Å². The molecule has 7 heteroatoms. The molecule has 4 saturated carbocycles. The fourth-order valence-corrected chi connectivity index (χ4v) is 14.2. The average Bonchev–Trinajstić information content (AvgIpc) is 1.99. The van der Waals surface area contributed by atoms with E-state index in [2.05, 4.69) is 0 Å². The molecule has 0 bridgehead atoms. The van der Waals surface area contributed by atoms with Crippen LogP contribution in [0.5, 0.6) is 0 Å². The summed E-state index contributed by atoms with van der Waals surface area (Å²) < 4.78 is 0. The van der Waals surface area contributed by atoms with Gasteiger partial charge in [-0.3, -0.25) is 0 Å². The first-order valence-electron chi connectivity index (χ1n) is 9.03. The summed E-state index contributed by atoms with van der Waals surface area (Å²) in [7, 11) is 0.